The highest BCUT2D eigenvalue weighted by Crippen LogP contribution is 2.39. The third-order valence-electron chi connectivity index (χ3n) is 6.28. The SMILES string of the molecule is COc1ccc(-c2ccc3ncc4c(c3n2)N(c2ccc(C(C)(C)C#N)cc2)C(=O)N(C)C4)cn1. The van der Waals surface area contributed by atoms with E-state index < -0.39 is 5.41 Å². The summed E-state index contributed by atoms with van der Waals surface area (Å²) in [5.74, 6) is 0.524. The predicted molar refractivity (Wildman–Crippen MR) is 133 cm³/mol. The topological polar surface area (TPSA) is 95.2 Å². The number of hydrogen-bond acceptors (Lipinski definition) is 6. The molecule has 4 heterocycles. The van der Waals surface area contributed by atoms with Crippen LogP contribution in [0.15, 0.2) is 60.9 Å². The third kappa shape index (κ3) is 3.81. The number of carbonyl (C=O) groups is 1. The number of ether oxygens (including phenoxy) is 1. The van der Waals surface area contributed by atoms with E-state index in [0.717, 1.165) is 22.4 Å². The van der Waals surface area contributed by atoms with Gasteiger partial charge in [0.15, 0.2) is 0 Å². The summed E-state index contributed by atoms with van der Waals surface area (Å²) in [5, 5.41) is 9.49. The first kappa shape index (κ1) is 22.3. The maximum absolute atomic E-state index is 13.4. The third-order valence-corrected chi connectivity index (χ3v) is 6.28. The van der Waals surface area contributed by atoms with Gasteiger partial charge in [-0.2, -0.15) is 5.26 Å². The molecule has 0 saturated carbocycles. The van der Waals surface area contributed by atoms with Crippen LogP contribution in [0.1, 0.15) is 25.0 Å². The molecule has 4 aromatic rings. The quantitative estimate of drug-likeness (QED) is 0.412. The number of pyridine rings is 3. The monoisotopic (exact) mass is 464 g/mol. The fourth-order valence-electron chi connectivity index (χ4n) is 4.19. The van der Waals surface area contributed by atoms with Gasteiger partial charge in [0.2, 0.25) is 5.88 Å². The van der Waals surface area contributed by atoms with Gasteiger partial charge < -0.3 is 9.64 Å². The van der Waals surface area contributed by atoms with Gasteiger partial charge in [-0.15, -0.1) is 0 Å². The van der Waals surface area contributed by atoms with Crippen LogP contribution in [0.25, 0.3) is 22.3 Å². The lowest BCUT2D eigenvalue weighted by Gasteiger charge is -2.35. The van der Waals surface area contributed by atoms with E-state index in [1.54, 1.807) is 42.4 Å². The summed E-state index contributed by atoms with van der Waals surface area (Å²) in [6, 6.07) is 17.2. The molecule has 35 heavy (non-hydrogen) atoms. The number of methoxy groups -OCH3 is 1. The smallest absolute Gasteiger partial charge is 0.329 e. The Hall–Kier alpha value is -4.51. The molecule has 0 radical (unpaired) electrons. The van der Waals surface area contributed by atoms with Gasteiger partial charge in [-0.1, -0.05) is 12.1 Å². The number of fused-ring (bicyclic) bond motifs is 3. The summed E-state index contributed by atoms with van der Waals surface area (Å²) in [6.45, 7) is 4.18. The van der Waals surface area contributed by atoms with Gasteiger partial charge in [0.05, 0.1) is 47.7 Å². The maximum Gasteiger partial charge on any atom is 0.329 e. The van der Waals surface area contributed by atoms with Crippen molar-refractivity contribution in [1.29, 1.82) is 5.26 Å². The molecule has 1 aliphatic rings. The minimum Gasteiger partial charge on any atom is -0.481 e. The van der Waals surface area contributed by atoms with Crippen molar-refractivity contribution in [3.63, 3.8) is 0 Å². The molecule has 0 saturated heterocycles. The van der Waals surface area contributed by atoms with E-state index in [1.165, 1.54) is 0 Å². The minimum atomic E-state index is -0.626. The van der Waals surface area contributed by atoms with Crippen LogP contribution in [-0.4, -0.2) is 40.0 Å². The van der Waals surface area contributed by atoms with Gasteiger partial charge in [-0.05, 0) is 49.7 Å². The number of carbonyl (C=O) groups excluding carboxylic acids is 1. The molecule has 1 aromatic carbocycles. The molecule has 0 aliphatic carbocycles. The van der Waals surface area contributed by atoms with Crippen LogP contribution in [0.2, 0.25) is 0 Å². The zero-order chi connectivity index (χ0) is 24.7. The molecule has 8 heteroatoms. The van der Waals surface area contributed by atoms with E-state index in [2.05, 4.69) is 16.0 Å². The number of nitrogens with zero attached hydrogens (tertiary/aromatic N) is 6. The Balaban J connectivity index is 1.67. The molecule has 0 unspecified atom stereocenters. The summed E-state index contributed by atoms with van der Waals surface area (Å²) in [5.41, 5.74) is 5.46. The van der Waals surface area contributed by atoms with E-state index in [4.69, 9.17) is 9.72 Å². The second kappa shape index (κ2) is 8.37. The highest BCUT2D eigenvalue weighted by molar-refractivity contribution is 6.08. The van der Waals surface area contributed by atoms with Crippen LogP contribution >= 0.6 is 0 Å². The van der Waals surface area contributed by atoms with Crippen molar-refractivity contribution in [3.05, 3.63) is 72.1 Å². The Morgan fingerprint density at radius 2 is 1.80 bits per heavy atom. The van der Waals surface area contributed by atoms with Crippen molar-refractivity contribution in [2.24, 2.45) is 0 Å². The Bertz CT molecular complexity index is 1470. The van der Waals surface area contributed by atoms with Gasteiger partial charge in [0.1, 0.15) is 5.52 Å². The Labute approximate surface area is 203 Å². The Kier molecular flexibility index (Phi) is 5.33. The number of anilines is 2. The van der Waals surface area contributed by atoms with Crippen LogP contribution in [0.3, 0.4) is 0 Å². The van der Waals surface area contributed by atoms with Crippen LogP contribution in [-0.2, 0) is 12.0 Å². The highest BCUT2D eigenvalue weighted by Gasteiger charge is 2.32. The van der Waals surface area contributed by atoms with Crippen molar-refractivity contribution in [2.75, 3.05) is 19.1 Å². The van der Waals surface area contributed by atoms with Gasteiger partial charge in [-0.25, -0.2) is 14.8 Å². The average molecular weight is 465 g/mol. The molecule has 8 nitrogen and oxygen atoms in total. The van der Waals surface area contributed by atoms with E-state index in [9.17, 15) is 10.1 Å². The van der Waals surface area contributed by atoms with Crippen molar-refractivity contribution >= 4 is 28.4 Å². The van der Waals surface area contributed by atoms with Crippen molar-refractivity contribution < 1.29 is 9.53 Å². The first-order valence-electron chi connectivity index (χ1n) is 11.2. The number of amides is 2. The summed E-state index contributed by atoms with van der Waals surface area (Å²) < 4.78 is 5.16. The lowest BCUT2D eigenvalue weighted by atomic mass is 9.86. The highest BCUT2D eigenvalue weighted by atomic mass is 16.5. The molecule has 5 rings (SSSR count). The normalized spacial score (nSPS) is 13.5. The number of aromatic nitrogens is 3. The van der Waals surface area contributed by atoms with Crippen molar-refractivity contribution in [3.8, 4) is 23.2 Å². The van der Waals surface area contributed by atoms with Crippen molar-refractivity contribution in [2.45, 2.75) is 25.8 Å². The van der Waals surface area contributed by atoms with Gasteiger partial charge in [0, 0.05) is 36.6 Å². The summed E-state index contributed by atoms with van der Waals surface area (Å²) in [7, 11) is 3.34. The number of rotatable bonds is 4. The average Bonchev–Trinajstić information content (AvgIpc) is 2.89. The molecule has 0 atom stereocenters. The first-order chi connectivity index (χ1) is 16.8. The van der Waals surface area contributed by atoms with Crippen LogP contribution < -0.4 is 9.64 Å². The second-order valence-electron chi connectivity index (χ2n) is 9.04. The van der Waals surface area contributed by atoms with E-state index in [0.29, 0.717) is 34.8 Å². The summed E-state index contributed by atoms with van der Waals surface area (Å²) in [4.78, 5) is 30.6. The largest absolute Gasteiger partial charge is 0.481 e. The van der Waals surface area contributed by atoms with E-state index in [-0.39, 0.29) is 6.03 Å². The fourth-order valence-corrected chi connectivity index (χ4v) is 4.19. The molecule has 0 fully saturated rings. The van der Waals surface area contributed by atoms with E-state index >= 15 is 0 Å². The standard InChI is InChI=1S/C27H24N6O2/c1-27(2,16-28)19-6-8-20(9-7-19)33-25-18(15-32(3)26(33)34)14-29-22-11-10-21(31-24(22)25)17-5-12-23(35-4)30-13-17/h5-14H,15H2,1-4H3. The van der Waals surface area contributed by atoms with Crippen LogP contribution in [0.4, 0.5) is 16.2 Å². The summed E-state index contributed by atoms with van der Waals surface area (Å²) >= 11 is 0. The molecule has 0 spiro atoms. The summed E-state index contributed by atoms with van der Waals surface area (Å²) in [6.07, 6.45) is 3.51. The Morgan fingerprint density at radius 3 is 2.46 bits per heavy atom. The predicted octanol–water partition coefficient (Wildman–Crippen LogP) is 5.21. The first-order valence-corrected chi connectivity index (χ1v) is 11.2. The van der Waals surface area contributed by atoms with Crippen molar-refractivity contribution in [1.82, 2.24) is 19.9 Å². The number of hydrogen-bond donors (Lipinski definition) is 0. The van der Waals surface area contributed by atoms with Gasteiger partial charge in [-0.3, -0.25) is 9.88 Å². The van der Waals surface area contributed by atoms with Gasteiger partial charge in [0.25, 0.3) is 0 Å². The Morgan fingerprint density at radius 1 is 1.03 bits per heavy atom. The number of nitriles is 1. The molecule has 1 aliphatic heterocycles. The fraction of sp³-hybridized carbons (Fsp3) is 0.222. The molecule has 0 N–H and O–H groups in total. The molecule has 174 valence electrons. The minimum absolute atomic E-state index is 0.157. The number of urea groups is 1. The molecule has 2 amide bonds. The maximum atomic E-state index is 13.4. The molecule has 3 aromatic heterocycles. The van der Waals surface area contributed by atoms with Crippen LogP contribution in [0.5, 0.6) is 5.88 Å². The lowest BCUT2D eigenvalue weighted by Crippen LogP contribution is -2.42. The zero-order valence-corrected chi connectivity index (χ0v) is 20.0. The molecule has 0 bridgehead atoms. The molecular formula is C27H24N6O2. The second-order valence-corrected chi connectivity index (χ2v) is 9.04. The van der Waals surface area contributed by atoms with Crippen LogP contribution in [0, 0.1) is 11.3 Å². The molecular weight excluding hydrogens is 440 g/mol. The zero-order valence-electron chi connectivity index (χ0n) is 20.0. The van der Waals surface area contributed by atoms with Gasteiger partial charge >= 0.3 is 6.03 Å². The number of benzene rings is 1. The lowest BCUT2D eigenvalue weighted by molar-refractivity contribution is 0.213. The van der Waals surface area contributed by atoms with E-state index in [1.807, 2.05) is 56.3 Å².